The summed E-state index contributed by atoms with van der Waals surface area (Å²) < 4.78 is 0.707. The van der Waals surface area contributed by atoms with Crippen LogP contribution in [-0.2, 0) is 4.79 Å². The molecule has 2 N–H and O–H groups in total. The van der Waals surface area contributed by atoms with Crippen molar-refractivity contribution >= 4 is 34.2 Å². The Bertz CT molecular complexity index is 424. The zero-order valence-electron chi connectivity index (χ0n) is 10.4. The lowest BCUT2D eigenvalue weighted by Gasteiger charge is -2.18. The van der Waals surface area contributed by atoms with Gasteiger partial charge in [0.2, 0.25) is 5.13 Å². The fraction of sp³-hybridized carbons (Fsp3) is 0.727. The molecule has 1 aliphatic carbocycles. The average molecular weight is 287 g/mol. The Balaban J connectivity index is 1.88. The maximum absolute atomic E-state index is 10.5. The first-order valence-electron chi connectivity index (χ1n) is 6.01. The van der Waals surface area contributed by atoms with Gasteiger partial charge in [-0.1, -0.05) is 36.9 Å². The Kier molecular flexibility index (Phi) is 4.45. The van der Waals surface area contributed by atoms with E-state index in [1.807, 2.05) is 0 Å². The average Bonchev–Trinajstić information content (AvgIpc) is 2.89. The van der Waals surface area contributed by atoms with E-state index in [2.05, 4.69) is 29.4 Å². The van der Waals surface area contributed by atoms with Gasteiger partial charge in [-0.3, -0.25) is 4.79 Å². The number of thioether (sulfide) groups is 1. The van der Waals surface area contributed by atoms with Crippen molar-refractivity contribution in [2.75, 3.05) is 11.1 Å². The van der Waals surface area contributed by atoms with Gasteiger partial charge in [0.1, 0.15) is 0 Å². The summed E-state index contributed by atoms with van der Waals surface area (Å²) >= 11 is 2.65. The Morgan fingerprint density at radius 2 is 2.28 bits per heavy atom. The number of carboxylic acid groups (broad SMARTS) is 1. The molecule has 100 valence electrons. The molecular weight excluding hydrogens is 270 g/mol. The van der Waals surface area contributed by atoms with Gasteiger partial charge in [0, 0.05) is 6.04 Å². The Morgan fingerprint density at radius 1 is 1.50 bits per heavy atom. The fourth-order valence-electron chi connectivity index (χ4n) is 2.18. The van der Waals surface area contributed by atoms with E-state index in [0.717, 1.165) is 11.0 Å². The summed E-state index contributed by atoms with van der Waals surface area (Å²) in [6.07, 6.45) is 2.41. The lowest BCUT2D eigenvalue weighted by molar-refractivity contribution is -0.133. The zero-order chi connectivity index (χ0) is 13.1. The third kappa shape index (κ3) is 3.35. The number of rotatable bonds is 5. The van der Waals surface area contributed by atoms with E-state index in [4.69, 9.17) is 5.11 Å². The van der Waals surface area contributed by atoms with E-state index in [-0.39, 0.29) is 5.75 Å². The second-order valence-corrected chi connectivity index (χ2v) is 6.92. The van der Waals surface area contributed by atoms with Crippen LogP contribution in [0, 0.1) is 11.8 Å². The van der Waals surface area contributed by atoms with E-state index in [9.17, 15) is 4.79 Å². The summed E-state index contributed by atoms with van der Waals surface area (Å²) in [5.41, 5.74) is 0. The maximum atomic E-state index is 10.5. The molecule has 1 aromatic heterocycles. The molecule has 0 amide bonds. The summed E-state index contributed by atoms with van der Waals surface area (Å²) in [7, 11) is 0. The molecule has 2 rings (SSSR count). The number of carbonyl (C=O) groups is 1. The summed E-state index contributed by atoms with van der Waals surface area (Å²) in [6.45, 7) is 4.54. The molecule has 0 aliphatic heterocycles. The van der Waals surface area contributed by atoms with Crippen molar-refractivity contribution < 1.29 is 9.90 Å². The van der Waals surface area contributed by atoms with Crippen LogP contribution >= 0.6 is 23.1 Å². The molecule has 1 saturated carbocycles. The van der Waals surface area contributed by atoms with E-state index < -0.39 is 5.97 Å². The number of aromatic nitrogens is 2. The van der Waals surface area contributed by atoms with Gasteiger partial charge in [-0.05, 0) is 24.7 Å². The van der Waals surface area contributed by atoms with Gasteiger partial charge in [-0.25, -0.2) is 0 Å². The second kappa shape index (κ2) is 5.88. The first kappa shape index (κ1) is 13.6. The quantitative estimate of drug-likeness (QED) is 0.811. The number of anilines is 1. The van der Waals surface area contributed by atoms with Gasteiger partial charge in [-0.15, -0.1) is 10.2 Å². The van der Waals surface area contributed by atoms with Gasteiger partial charge >= 0.3 is 5.97 Å². The number of hydrogen-bond acceptors (Lipinski definition) is 6. The van der Waals surface area contributed by atoms with Gasteiger partial charge < -0.3 is 10.4 Å². The van der Waals surface area contributed by atoms with E-state index in [1.54, 1.807) is 0 Å². The number of nitrogens with zero attached hydrogens (tertiary/aromatic N) is 2. The van der Waals surface area contributed by atoms with E-state index in [1.165, 1.54) is 35.9 Å². The van der Waals surface area contributed by atoms with Crippen LogP contribution in [0.2, 0.25) is 0 Å². The normalized spacial score (nSPS) is 27.3. The lowest BCUT2D eigenvalue weighted by Crippen LogP contribution is -2.23. The van der Waals surface area contributed by atoms with Crippen LogP contribution in [-0.4, -0.2) is 33.1 Å². The zero-order valence-corrected chi connectivity index (χ0v) is 12.1. The largest absolute Gasteiger partial charge is 0.481 e. The molecule has 0 bridgehead atoms. The van der Waals surface area contributed by atoms with Gasteiger partial charge in [0.15, 0.2) is 4.34 Å². The van der Waals surface area contributed by atoms with Crippen LogP contribution < -0.4 is 5.32 Å². The minimum absolute atomic E-state index is 0.0332. The maximum Gasteiger partial charge on any atom is 0.313 e. The lowest BCUT2D eigenvalue weighted by atomic mass is 9.98. The SMILES string of the molecule is CC1CCC(Nc2nnc(SCC(=O)O)s2)C1C. The summed E-state index contributed by atoms with van der Waals surface area (Å²) in [5, 5.41) is 20.8. The highest BCUT2D eigenvalue weighted by atomic mass is 32.2. The summed E-state index contributed by atoms with van der Waals surface area (Å²) in [6, 6.07) is 0.463. The van der Waals surface area contributed by atoms with Gasteiger partial charge in [0.25, 0.3) is 0 Å². The van der Waals surface area contributed by atoms with E-state index >= 15 is 0 Å². The highest BCUT2D eigenvalue weighted by molar-refractivity contribution is 8.01. The molecule has 1 aromatic rings. The molecule has 0 aromatic carbocycles. The first-order chi connectivity index (χ1) is 8.56. The molecular formula is C11H17N3O2S2. The molecule has 1 fully saturated rings. The van der Waals surface area contributed by atoms with Crippen molar-refractivity contribution in [1.29, 1.82) is 0 Å². The summed E-state index contributed by atoms with van der Waals surface area (Å²) in [5.74, 6) is 0.592. The predicted octanol–water partition coefficient (Wildman–Crippen LogP) is 2.56. The first-order valence-corrected chi connectivity index (χ1v) is 7.81. The molecule has 1 aliphatic rings. The summed E-state index contributed by atoms with van der Waals surface area (Å²) in [4.78, 5) is 10.5. The molecule has 0 radical (unpaired) electrons. The minimum atomic E-state index is -0.831. The van der Waals surface area contributed by atoms with Gasteiger partial charge in [-0.2, -0.15) is 0 Å². The van der Waals surface area contributed by atoms with Crippen LogP contribution in [0.25, 0.3) is 0 Å². The molecule has 3 atom stereocenters. The highest BCUT2D eigenvalue weighted by Crippen LogP contribution is 2.34. The molecule has 0 saturated heterocycles. The molecule has 3 unspecified atom stereocenters. The van der Waals surface area contributed by atoms with Crippen LogP contribution in [0.3, 0.4) is 0 Å². The Hall–Kier alpha value is -0.820. The molecule has 18 heavy (non-hydrogen) atoms. The standard InChI is InChI=1S/C11H17N3O2S2/c1-6-3-4-8(7(6)2)12-10-13-14-11(18-10)17-5-9(15)16/h6-8H,3-5H2,1-2H3,(H,12,13)(H,15,16). The molecule has 0 spiro atoms. The molecule has 7 heteroatoms. The number of carboxylic acids is 1. The second-order valence-electron chi connectivity index (χ2n) is 4.72. The Morgan fingerprint density at radius 3 is 2.89 bits per heavy atom. The minimum Gasteiger partial charge on any atom is -0.481 e. The molecule has 5 nitrogen and oxygen atoms in total. The third-order valence-electron chi connectivity index (χ3n) is 3.50. The smallest absolute Gasteiger partial charge is 0.313 e. The third-order valence-corrected chi connectivity index (χ3v) is 5.47. The van der Waals surface area contributed by atoms with Gasteiger partial charge in [0.05, 0.1) is 5.75 Å². The van der Waals surface area contributed by atoms with Crippen LogP contribution in [0.4, 0.5) is 5.13 Å². The molecule has 1 heterocycles. The monoisotopic (exact) mass is 287 g/mol. The highest BCUT2D eigenvalue weighted by Gasteiger charge is 2.30. The number of nitrogens with one attached hydrogen (secondary N) is 1. The van der Waals surface area contributed by atoms with Crippen molar-refractivity contribution in [2.24, 2.45) is 11.8 Å². The number of aliphatic carboxylic acids is 1. The fourth-order valence-corrected chi connectivity index (χ4v) is 3.71. The van der Waals surface area contributed by atoms with Crippen LogP contribution in [0.5, 0.6) is 0 Å². The topological polar surface area (TPSA) is 75.1 Å². The van der Waals surface area contributed by atoms with Crippen molar-refractivity contribution in [3.05, 3.63) is 0 Å². The van der Waals surface area contributed by atoms with Crippen molar-refractivity contribution in [1.82, 2.24) is 10.2 Å². The van der Waals surface area contributed by atoms with E-state index in [0.29, 0.717) is 16.3 Å². The predicted molar refractivity (Wildman–Crippen MR) is 73.2 cm³/mol. The van der Waals surface area contributed by atoms with Crippen molar-refractivity contribution in [3.63, 3.8) is 0 Å². The van der Waals surface area contributed by atoms with Crippen molar-refractivity contribution in [3.8, 4) is 0 Å². The number of hydrogen-bond donors (Lipinski definition) is 2. The van der Waals surface area contributed by atoms with Crippen molar-refractivity contribution in [2.45, 2.75) is 37.1 Å². The van der Waals surface area contributed by atoms with Crippen LogP contribution in [0.1, 0.15) is 26.7 Å². The van der Waals surface area contributed by atoms with Crippen LogP contribution in [0.15, 0.2) is 4.34 Å². The Labute approximate surface area is 114 Å².